The largest absolute Gasteiger partial charge is 0.490 e. The zero-order chi connectivity index (χ0) is 24.0. The summed E-state index contributed by atoms with van der Waals surface area (Å²) in [5.74, 6) is -1.53. The molecule has 4 amide bonds. The van der Waals surface area contributed by atoms with E-state index in [1.165, 1.54) is 30.3 Å². The molecular formula is C23H21ClN2O7. The first-order chi connectivity index (χ1) is 15.8. The van der Waals surface area contributed by atoms with Crippen molar-refractivity contribution >= 4 is 47.2 Å². The average Bonchev–Trinajstić information content (AvgIpc) is 2.77. The predicted octanol–water partition coefficient (Wildman–Crippen LogP) is 3.35. The number of halogens is 1. The van der Waals surface area contributed by atoms with E-state index in [0.717, 1.165) is 4.90 Å². The number of nitrogens with one attached hydrogen (secondary N) is 1. The molecule has 1 saturated heterocycles. The number of hydrogen-bond donors (Lipinski definition) is 1. The molecule has 1 N–H and O–H groups in total. The molecule has 172 valence electrons. The monoisotopic (exact) mass is 472 g/mol. The summed E-state index contributed by atoms with van der Waals surface area (Å²) in [5, 5.41) is 2.59. The zero-order valence-electron chi connectivity index (χ0n) is 17.9. The van der Waals surface area contributed by atoms with Gasteiger partial charge in [-0.05, 0) is 61.9 Å². The Morgan fingerprint density at radius 3 is 2.39 bits per heavy atom. The van der Waals surface area contributed by atoms with Gasteiger partial charge in [0.2, 0.25) is 0 Å². The van der Waals surface area contributed by atoms with E-state index in [-0.39, 0.29) is 24.5 Å². The summed E-state index contributed by atoms with van der Waals surface area (Å²) in [5.41, 5.74) is 0.469. The number of amides is 4. The van der Waals surface area contributed by atoms with Crippen LogP contribution in [0.25, 0.3) is 6.08 Å². The van der Waals surface area contributed by atoms with Gasteiger partial charge >= 0.3 is 12.0 Å². The molecular weight excluding hydrogens is 452 g/mol. The van der Waals surface area contributed by atoms with E-state index in [1.807, 2.05) is 0 Å². The molecule has 0 unspecified atom stereocenters. The molecule has 0 aromatic heterocycles. The highest BCUT2D eigenvalue weighted by Gasteiger charge is 2.36. The van der Waals surface area contributed by atoms with Gasteiger partial charge in [0.15, 0.2) is 18.1 Å². The van der Waals surface area contributed by atoms with Gasteiger partial charge in [0, 0.05) is 5.02 Å². The van der Waals surface area contributed by atoms with Gasteiger partial charge in [0.05, 0.1) is 18.9 Å². The fourth-order valence-corrected chi connectivity index (χ4v) is 3.12. The van der Waals surface area contributed by atoms with Crippen molar-refractivity contribution in [1.29, 1.82) is 0 Å². The molecule has 2 aromatic rings. The first-order valence-electron chi connectivity index (χ1n) is 10.1. The summed E-state index contributed by atoms with van der Waals surface area (Å²) in [4.78, 5) is 50.1. The summed E-state index contributed by atoms with van der Waals surface area (Å²) >= 11 is 5.87. The van der Waals surface area contributed by atoms with Gasteiger partial charge in [-0.1, -0.05) is 17.7 Å². The number of nitrogens with zero attached hydrogens (tertiary/aromatic N) is 1. The molecule has 9 nitrogen and oxygen atoms in total. The number of esters is 1. The number of carbonyl (C=O) groups excluding carboxylic acids is 4. The first kappa shape index (κ1) is 23.8. The number of hydrogen-bond acceptors (Lipinski definition) is 7. The number of carbonyl (C=O) groups is 4. The molecule has 1 fully saturated rings. The van der Waals surface area contributed by atoms with Crippen LogP contribution in [0.4, 0.5) is 10.5 Å². The van der Waals surface area contributed by atoms with E-state index in [1.54, 1.807) is 32.0 Å². The van der Waals surface area contributed by atoms with E-state index in [4.69, 9.17) is 25.8 Å². The molecule has 3 rings (SSSR count). The highest BCUT2D eigenvalue weighted by molar-refractivity contribution is 6.39. The maximum Gasteiger partial charge on any atom is 0.344 e. The summed E-state index contributed by atoms with van der Waals surface area (Å²) in [6, 6.07) is 9.87. The van der Waals surface area contributed by atoms with Gasteiger partial charge in [-0.15, -0.1) is 0 Å². The number of anilines is 1. The van der Waals surface area contributed by atoms with Gasteiger partial charge < -0.3 is 14.2 Å². The molecule has 0 radical (unpaired) electrons. The molecule has 0 spiro atoms. The van der Waals surface area contributed by atoms with Crippen molar-refractivity contribution in [3.8, 4) is 11.5 Å². The minimum Gasteiger partial charge on any atom is -0.490 e. The molecule has 1 heterocycles. The van der Waals surface area contributed by atoms with Gasteiger partial charge in [0.25, 0.3) is 11.8 Å². The average molecular weight is 473 g/mol. The molecule has 1 aliphatic heterocycles. The normalized spacial score (nSPS) is 14.8. The fraction of sp³-hybridized carbons (Fsp3) is 0.217. The van der Waals surface area contributed by atoms with Crippen molar-refractivity contribution < 1.29 is 33.4 Å². The second kappa shape index (κ2) is 10.6. The van der Waals surface area contributed by atoms with E-state index < -0.39 is 23.8 Å². The summed E-state index contributed by atoms with van der Waals surface area (Å²) < 4.78 is 15.9. The van der Waals surface area contributed by atoms with Crippen LogP contribution in [0.15, 0.2) is 48.0 Å². The van der Waals surface area contributed by atoms with Gasteiger partial charge in [0.1, 0.15) is 5.57 Å². The number of ether oxygens (including phenoxy) is 3. The maximum atomic E-state index is 13.0. The standard InChI is InChI=1S/C23H21ClN2O7/c1-3-31-19-12-14(5-10-18(19)33-13-20(27)32-4-2)11-17-21(28)25-23(30)26(22(17)29)16-8-6-15(24)7-9-16/h5-12H,3-4,13H2,1-2H3,(H,25,28,30)/b17-11+. The Morgan fingerprint density at radius 2 is 1.73 bits per heavy atom. The number of rotatable bonds is 8. The Bertz CT molecular complexity index is 1110. The van der Waals surface area contributed by atoms with Gasteiger partial charge in [-0.3, -0.25) is 14.9 Å². The smallest absolute Gasteiger partial charge is 0.344 e. The second-order valence-electron chi connectivity index (χ2n) is 6.67. The molecule has 0 atom stereocenters. The molecule has 10 heteroatoms. The Labute approximate surface area is 194 Å². The minimum atomic E-state index is -0.859. The molecule has 1 aliphatic rings. The van der Waals surface area contributed by atoms with Gasteiger partial charge in [-0.25, -0.2) is 14.5 Å². The molecule has 33 heavy (non-hydrogen) atoms. The lowest BCUT2D eigenvalue weighted by Gasteiger charge is -2.26. The highest BCUT2D eigenvalue weighted by atomic mass is 35.5. The molecule has 0 saturated carbocycles. The van der Waals surface area contributed by atoms with Crippen molar-refractivity contribution in [2.75, 3.05) is 24.7 Å². The third-order valence-electron chi connectivity index (χ3n) is 4.42. The van der Waals surface area contributed by atoms with Crippen LogP contribution >= 0.6 is 11.6 Å². The topological polar surface area (TPSA) is 111 Å². The summed E-state index contributed by atoms with van der Waals surface area (Å²) in [6.07, 6.45) is 1.34. The lowest BCUT2D eigenvalue weighted by Crippen LogP contribution is -2.54. The number of benzene rings is 2. The molecule has 0 aliphatic carbocycles. The zero-order valence-corrected chi connectivity index (χ0v) is 18.7. The van der Waals surface area contributed by atoms with Crippen molar-refractivity contribution in [2.24, 2.45) is 0 Å². The minimum absolute atomic E-state index is 0.235. The van der Waals surface area contributed by atoms with Crippen LogP contribution in [0.3, 0.4) is 0 Å². The summed E-state index contributed by atoms with van der Waals surface area (Å²) in [6.45, 7) is 3.71. The second-order valence-corrected chi connectivity index (χ2v) is 7.10. The number of urea groups is 1. The third kappa shape index (κ3) is 5.69. The van der Waals surface area contributed by atoms with Crippen molar-refractivity contribution in [1.82, 2.24) is 5.32 Å². The maximum absolute atomic E-state index is 13.0. The summed E-state index contributed by atoms with van der Waals surface area (Å²) in [7, 11) is 0. The van der Waals surface area contributed by atoms with Crippen molar-refractivity contribution in [3.05, 3.63) is 58.6 Å². The number of imide groups is 2. The van der Waals surface area contributed by atoms with Crippen LogP contribution in [0.5, 0.6) is 11.5 Å². The first-order valence-corrected chi connectivity index (χ1v) is 10.4. The van der Waals surface area contributed by atoms with E-state index in [0.29, 0.717) is 28.7 Å². The Hall–Kier alpha value is -3.85. The predicted molar refractivity (Wildman–Crippen MR) is 120 cm³/mol. The van der Waals surface area contributed by atoms with Crippen molar-refractivity contribution in [3.63, 3.8) is 0 Å². The Morgan fingerprint density at radius 1 is 1.00 bits per heavy atom. The Kier molecular flexibility index (Phi) is 7.68. The van der Waals surface area contributed by atoms with Crippen LogP contribution in [0, 0.1) is 0 Å². The van der Waals surface area contributed by atoms with Crippen LogP contribution in [0.2, 0.25) is 5.02 Å². The number of barbiturate groups is 1. The third-order valence-corrected chi connectivity index (χ3v) is 4.67. The van der Waals surface area contributed by atoms with Crippen LogP contribution in [0.1, 0.15) is 19.4 Å². The highest BCUT2D eigenvalue weighted by Crippen LogP contribution is 2.30. The molecule has 2 aromatic carbocycles. The van der Waals surface area contributed by atoms with Crippen LogP contribution < -0.4 is 19.7 Å². The van der Waals surface area contributed by atoms with Crippen LogP contribution in [-0.4, -0.2) is 43.6 Å². The Balaban J connectivity index is 1.89. The van der Waals surface area contributed by atoms with E-state index in [9.17, 15) is 19.2 Å². The molecule has 0 bridgehead atoms. The van der Waals surface area contributed by atoms with Crippen molar-refractivity contribution in [2.45, 2.75) is 13.8 Å². The van der Waals surface area contributed by atoms with E-state index >= 15 is 0 Å². The van der Waals surface area contributed by atoms with E-state index in [2.05, 4.69) is 5.32 Å². The fourth-order valence-electron chi connectivity index (χ4n) is 2.99. The quantitative estimate of drug-likeness (QED) is 0.356. The lowest BCUT2D eigenvalue weighted by molar-refractivity contribution is -0.145. The SMILES string of the molecule is CCOC(=O)COc1ccc(/C=C2\C(=O)NC(=O)N(c3ccc(Cl)cc3)C2=O)cc1OCC. The van der Waals surface area contributed by atoms with Crippen LogP contribution in [-0.2, 0) is 19.1 Å². The lowest BCUT2D eigenvalue weighted by atomic mass is 10.1. The van der Waals surface area contributed by atoms with Gasteiger partial charge in [-0.2, -0.15) is 0 Å².